The highest BCUT2D eigenvalue weighted by Gasteiger charge is 2.53. The number of carbonyl (C=O) groups is 2. The lowest BCUT2D eigenvalue weighted by atomic mass is 9.78. The highest BCUT2D eigenvalue weighted by atomic mass is 16.4. The number of carbonyl (C=O) groups excluding carboxylic acids is 1. The number of nitrogens with one attached hydrogen (secondary N) is 1. The number of carboxylic acids is 1. The molecule has 2 bridgehead atoms. The van der Waals surface area contributed by atoms with Gasteiger partial charge in [-0.25, -0.2) is 0 Å². The van der Waals surface area contributed by atoms with Gasteiger partial charge in [-0.3, -0.25) is 9.59 Å². The molecule has 4 heteroatoms. The van der Waals surface area contributed by atoms with E-state index >= 15 is 0 Å². The molecule has 20 heavy (non-hydrogen) atoms. The molecule has 2 fully saturated rings. The molecule has 0 radical (unpaired) electrons. The van der Waals surface area contributed by atoms with Gasteiger partial charge in [0.25, 0.3) is 0 Å². The molecule has 3 rings (SSSR count). The van der Waals surface area contributed by atoms with Crippen LogP contribution in [-0.4, -0.2) is 17.0 Å². The number of hydrogen-bond donors (Lipinski definition) is 2. The van der Waals surface area contributed by atoms with Crippen molar-refractivity contribution in [3.63, 3.8) is 0 Å². The molecule has 1 amide bonds. The van der Waals surface area contributed by atoms with Gasteiger partial charge in [-0.2, -0.15) is 0 Å². The van der Waals surface area contributed by atoms with Gasteiger partial charge in [-0.15, -0.1) is 0 Å². The molecule has 0 aliphatic heterocycles. The van der Waals surface area contributed by atoms with E-state index in [4.69, 9.17) is 0 Å². The molecule has 0 heterocycles. The summed E-state index contributed by atoms with van der Waals surface area (Å²) >= 11 is 0. The van der Waals surface area contributed by atoms with E-state index in [9.17, 15) is 14.7 Å². The average molecular weight is 273 g/mol. The van der Waals surface area contributed by atoms with Crippen LogP contribution in [0.5, 0.6) is 0 Å². The minimum Gasteiger partial charge on any atom is -0.481 e. The number of hydrogen-bond acceptors (Lipinski definition) is 2. The van der Waals surface area contributed by atoms with E-state index in [1.54, 1.807) is 0 Å². The Hall–Kier alpha value is -1.84. The molecule has 0 aromatic heterocycles. The number of aliphatic carboxylic acids is 1. The van der Waals surface area contributed by atoms with Gasteiger partial charge in [0.15, 0.2) is 0 Å². The Bertz CT molecular complexity index is 514. The minimum atomic E-state index is -0.808. The van der Waals surface area contributed by atoms with Gasteiger partial charge < -0.3 is 10.4 Å². The van der Waals surface area contributed by atoms with Gasteiger partial charge >= 0.3 is 5.97 Å². The summed E-state index contributed by atoms with van der Waals surface area (Å²) in [5, 5.41) is 12.3. The molecule has 1 aromatic rings. The van der Waals surface area contributed by atoms with Crippen LogP contribution in [0.25, 0.3) is 0 Å². The smallest absolute Gasteiger partial charge is 0.307 e. The summed E-state index contributed by atoms with van der Waals surface area (Å²) in [6.45, 7) is 0.472. The Labute approximate surface area is 118 Å². The topological polar surface area (TPSA) is 66.4 Å². The first-order valence-corrected chi connectivity index (χ1v) is 7.21. The van der Waals surface area contributed by atoms with Crippen LogP contribution in [0.2, 0.25) is 0 Å². The van der Waals surface area contributed by atoms with Gasteiger partial charge in [-0.1, -0.05) is 30.3 Å². The van der Waals surface area contributed by atoms with Crippen molar-refractivity contribution in [1.82, 2.24) is 5.32 Å². The van der Waals surface area contributed by atoms with E-state index in [0.29, 0.717) is 6.54 Å². The number of rotatable bonds is 4. The van der Waals surface area contributed by atoms with Crippen molar-refractivity contribution in [3.8, 4) is 0 Å². The quantitative estimate of drug-likeness (QED) is 0.882. The monoisotopic (exact) mass is 273 g/mol. The van der Waals surface area contributed by atoms with Crippen molar-refractivity contribution >= 4 is 11.9 Å². The van der Waals surface area contributed by atoms with Crippen LogP contribution in [0.4, 0.5) is 0 Å². The van der Waals surface area contributed by atoms with Crippen LogP contribution in [0.1, 0.15) is 24.8 Å². The summed E-state index contributed by atoms with van der Waals surface area (Å²) < 4.78 is 0. The van der Waals surface area contributed by atoms with E-state index in [0.717, 1.165) is 24.8 Å². The van der Waals surface area contributed by atoms with E-state index < -0.39 is 11.9 Å². The lowest BCUT2D eigenvalue weighted by Crippen LogP contribution is -2.41. The second-order valence-corrected chi connectivity index (χ2v) is 5.93. The normalized spacial score (nSPS) is 31.2. The zero-order valence-corrected chi connectivity index (χ0v) is 11.3. The van der Waals surface area contributed by atoms with E-state index in [-0.39, 0.29) is 23.7 Å². The third kappa shape index (κ3) is 2.30. The Morgan fingerprint density at radius 3 is 2.40 bits per heavy atom. The second kappa shape index (κ2) is 5.27. The van der Waals surface area contributed by atoms with E-state index in [2.05, 4.69) is 5.32 Å². The fourth-order valence-electron chi connectivity index (χ4n) is 3.93. The van der Waals surface area contributed by atoms with Crippen molar-refractivity contribution in [2.45, 2.75) is 25.8 Å². The number of benzene rings is 1. The van der Waals surface area contributed by atoms with Crippen LogP contribution < -0.4 is 5.32 Å². The van der Waals surface area contributed by atoms with Gasteiger partial charge in [-0.05, 0) is 36.7 Å². The molecule has 2 aliphatic rings. The molecule has 4 nitrogen and oxygen atoms in total. The maximum absolute atomic E-state index is 12.3. The first-order chi connectivity index (χ1) is 9.66. The third-order valence-electron chi connectivity index (χ3n) is 4.81. The predicted octanol–water partition coefficient (Wildman–Crippen LogP) is 2.05. The molecule has 0 saturated heterocycles. The van der Waals surface area contributed by atoms with Crippen LogP contribution in [0.15, 0.2) is 30.3 Å². The van der Waals surface area contributed by atoms with Crippen molar-refractivity contribution in [1.29, 1.82) is 0 Å². The Kier molecular flexibility index (Phi) is 3.47. The maximum atomic E-state index is 12.3. The lowest BCUT2D eigenvalue weighted by molar-refractivity contribution is -0.149. The minimum absolute atomic E-state index is 0.0894. The first-order valence-electron chi connectivity index (χ1n) is 7.21. The van der Waals surface area contributed by atoms with E-state index in [1.165, 1.54) is 0 Å². The van der Waals surface area contributed by atoms with Crippen molar-refractivity contribution in [3.05, 3.63) is 35.9 Å². The average Bonchev–Trinajstić information content (AvgIpc) is 3.06. The standard InChI is InChI=1S/C16H19NO3/c18-15(17-9-10-4-2-1-3-5-10)13-11-6-7-12(8-11)14(13)16(19)20/h1-5,11-14H,6-9H2,(H,17,18)(H,19,20)/t11-,12-,13+,14+/m1/s1. The fourth-order valence-corrected chi connectivity index (χ4v) is 3.93. The lowest BCUT2D eigenvalue weighted by Gasteiger charge is -2.27. The molecule has 1 aromatic carbocycles. The highest BCUT2D eigenvalue weighted by Crippen LogP contribution is 2.52. The SMILES string of the molecule is O=C(O)[C@H]1[C@@H]2CC[C@H](C2)[C@@H]1C(=O)NCc1ccccc1. The van der Waals surface area contributed by atoms with Gasteiger partial charge in [0.2, 0.25) is 5.91 Å². The molecule has 0 spiro atoms. The molecule has 106 valence electrons. The summed E-state index contributed by atoms with van der Waals surface area (Å²) in [7, 11) is 0. The Morgan fingerprint density at radius 1 is 1.10 bits per heavy atom. The molecular formula is C16H19NO3. The number of fused-ring (bicyclic) bond motifs is 2. The molecule has 0 unspecified atom stereocenters. The highest BCUT2D eigenvalue weighted by molar-refractivity contribution is 5.86. The third-order valence-corrected chi connectivity index (χ3v) is 4.81. The zero-order valence-electron chi connectivity index (χ0n) is 11.3. The summed E-state index contributed by atoms with van der Waals surface area (Å²) in [6.07, 6.45) is 2.86. The fraction of sp³-hybridized carbons (Fsp3) is 0.500. The molecule has 2 N–H and O–H groups in total. The van der Waals surface area contributed by atoms with Crippen LogP contribution in [0, 0.1) is 23.7 Å². The summed E-state index contributed by atoms with van der Waals surface area (Å²) in [5.74, 6) is -1.26. The second-order valence-electron chi connectivity index (χ2n) is 5.93. The summed E-state index contributed by atoms with van der Waals surface area (Å²) in [5.41, 5.74) is 1.04. The summed E-state index contributed by atoms with van der Waals surface area (Å²) in [4.78, 5) is 23.7. The number of carboxylic acid groups (broad SMARTS) is 1. The molecule has 4 atom stereocenters. The van der Waals surface area contributed by atoms with Crippen molar-refractivity contribution < 1.29 is 14.7 Å². The summed E-state index contributed by atoms with van der Waals surface area (Å²) in [6, 6.07) is 9.70. The zero-order chi connectivity index (χ0) is 14.1. The largest absolute Gasteiger partial charge is 0.481 e. The Balaban J connectivity index is 1.66. The molecule has 2 saturated carbocycles. The molecule has 2 aliphatic carbocycles. The van der Waals surface area contributed by atoms with E-state index in [1.807, 2.05) is 30.3 Å². The van der Waals surface area contributed by atoms with Gasteiger partial charge in [0.1, 0.15) is 0 Å². The van der Waals surface area contributed by atoms with Crippen molar-refractivity contribution in [2.75, 3.05) is 0 Å². The number of amides is 1. The predicted molar refractivity (Wildman–Crippen MR) is 73.7 cm³/mol. The van der Waals surface area contributed by atoms with Gasteiger partial charge in [0, 0.05) is 6.54 Å². The molecular weight excluding hydrogens is 254 g/mol. The van der Waals surface area contributed by atoms with Crippen LogP contribution >= 0.6 is 0 Å². The Morgan fingerprint density at radius 2 is 1.75 bits per heavy atom. The van der Waals surface area contributed by atoms with Crippen LogP contribution in [0.3, 0.4) is 0 Å². The van der Waals surface area contributed by atoms with Crippen molar-refractivity contribution in [2.24, 2.45) is 23.7 Å². The van der Waals surface area contributed by atoms with Gasteiger partial charge in [0.05, 0.1) is 11.8 Å². The maximum Gasteiger partial charge on any atom is 0.307 e. The van der Waals surface area contributed by atoms with Crippen LogP contribution in [-0.2, 0) is 16.1 Å². The first kappa shape index (κ1) is 13.2.